The Morgan fingerprint density at radius 2 is 1.78 bits per heavy atom. The highest BCUT2D eigenvalue weighted by Gasteiger charge is 2.31. The molecule has 0 spiro atoms. The molecule has 1 aliphatic carbocycles. The van der Waals surface area contributed by atoms with Crippen LogP contribution in [0.4, 0.5) is 5.69 Å². The predicted molar refractivity (Wildman–Crippen MR) is 125 cm³/mol. The van der Waals surface area contributed by atoms with E-state index in [0.717, 1.165) is 29.9 Å². The highest BCUT2D eigenvalue weighted by atomic mass is 16.5. The van der Waals surface area contributed by atoms with Crippen molar-refractivity contribution < 1.29 is 19.1 Å². The predicted octanol–water partition coefficient (Wildman–Crippen LogP) is 3.79. The number of anilines is 1. The number of benzene rings is 2. The summed E-state index contributed by atoms with van der Waals surface area (Å²) in [6, 6.07) is 13.2. The zero-order valence-electron chi connectivity index (χ0n) is 19.4. The maximum Gasteiger partial charge on any atom is 0.253 e. The van der Waals surface area contributed by atoms with Crippen LogP contribution >= 0.6 is 0 Å². The molecule has 172 valence electrons. The first-order valence-electron chi connectivity index (χ1n) is 11.1. The van der Waals surface area contributed by atoms with Gasteiger partial charge in [0.2, 0.25) is 5.91 Å². The first kappa shape index (κ1) is 23.6. The van der Waals surface area contributed by atoms with Crippen LogP contribution in [0.15, 0.2) is 42.5 Å². The molecule has 1 saturated carbocycles. The van der Waals surface area contributed by atoms with Crippen LogP contribution in [0.2, 0.25) is 0 Å². The standard InChI is InChI=1S/C25H33N3O4/c1-5-27(6-2)25(30)18-8-7-9-20(14-18)26-24(29)17-28(21-10-11-21)16-19-15-22(31-3)12-13-23(19)32-4/h7-9,12-15,21H,5-6,10-11,16-17H2,1-4H3,(H,26,29). The van der Waals surface area contributed by atoms with Crippen molar-refractivity contribution >= 4 is 17.5 Å². The van der Waals surface area contributed by atoms with Crippen molar-refractivity contribution in [2.75, 3.05) is 39.2 Å². The van der Waals surface area contributed by atoms with Gasteiger partial charge in [0.25, 0.3) is 5.91 Å². The maximum absolute atomic E-state index is 12.8. The van der Waals surface area contributed by atoms with E-state index in [9.17, 15) is 9.59 Å². The molecular formula is C25H33N3O4. The van der Waals surface area contributed by atoms with E-state index in [0.29, 0.717) is 36.9 Å². The summed E-state index contributed by atoms with van der Waals surface area (Å²) < 4.78 is 10.9. The lowest BCUT2D eigenvalue weighted by Gasteiger charge is -2.23. The molecule has 1 fully saturated rings. The van der Waals surface area contributed by atoms with Crippen LogP contribution in [-0.4, -0.2) is 61.5 Å². The van der Waals surface area contributed by atoms with Gasteiger partial charge in [-0.2, -0.15) is 0 Å². The molecule has 0 aromatic heterocycles. The van der Waals surface area contributed by atoms with Crippen molar-refractivity contribution in [3.05, 3.63) is 53.6 Å². The third-order valence-electron chi connectivity index (χ3n) is 5.71. The van der Waals surface area contributed by atoms with Crippen LogP contribution in [0, 0.1) is 0 Å². The van der Waals surface area contributed by atoms with Gasteiger partial charge in [-0.1, -0.05) is 6.07 Å². The van der Waals surface area contributed by atoms with Gasteiger partial charge in [-0.05, 0) is 63.1 Å². The fourth-order valence-electron chi connectivity index (χ4n) is 3.79. The molecule has 0 radical (unpaired) electrons. The quantitative estimate of drug-likeness (QED) is 0.577. The van der Waals surface area contributed by atoms with Crippen LogP contribution < -0.4 is 14.8 Å². The van der Waals surface area contributed by atoms with Crippen LogP contribution in [0.1, 0.15) is 42.6 Å². The van der Waals surface area contributed by atoms with Gasteiger partial charge in [0.15, 0.2) is 0 Å². The number of hydrogen-bond acceptors (Lipinski definition) is 5. The number of carbonyl (C=O) groups excluding carboxylic acids is 2. The first-order valence-corrected chi connectivity index (χ1v) is 11.1. The largest absolute Gasteiger partial charge is 0.497 e. The summed E-state index contributed by atoms with van der Waals surface area (Å²) in [6.45, 7) is 6.07. The Balaban J connectivity index is 1.68. The molecule has 0 saturated heterocycles. The smallest absolute Gasteiger partial charge is 0.253 e. The number of hydrogen-bond donors (Lipinski definition) is 1. The summed E-state index contributed by atoms with van der Waals surface area (Å²) in [5.41, 5.74) is 2.19. The fraction of sp³-hybridized carbons (Fsp3) is 0.440. The van der Waals surface area contributed by atoms with E-state index in [2.05, 4.69) is 10.2 Å². The Kier molecular flexibility index (Phi) is 8.11. The van der Waals surface area contributed by atoms with E-state index in [1.54, 1.807) is 37.3 Å². The molecule has 0 unspecified atom stereocenters. The van der Waals surface area contributed by atoms with Gasteiger partial charge >= 0.3 is 0 Å². The number of methoxy groups -OCH3 is 2. The topological polar surface area (TPSA) is 71.1 Å². The molecule has 0 bridgehead atoms. The highest BCUT2D eigenvalue weighted by molar-refractivity contribution is 5.97. The lowest BCUT2D eigenvalue weighted by Crippen LogP contribution is -2.34. The minimum atomic E-state index is -0.105. The van der Waals surface area contributed by atoms with Crippen molar-refractivity contribution in [1.82, 2.24) is 9.80 Å². The molecule has 3 rings (SSSR count). The number of nitrogens with one attached hydrogen (secondary N) is 1. The summed E-state index contributed by atoms with van der Waals surface area (Å²) in [5.74, 6) is 1.40. The Morgan fingerprint density at radius 1 is 1.03 bits per heavy atom. The molecule has 0 atom stereocenters. The normalized spacial score (nSPS) is 13.0. The average Bonchev–Trinajstić information content (AvgIpc) is 3.65. The first-order chi connectivity index (χ1) is 15.5. The molecule has 2 amide bonds. The number of rotatable bonds is 11. The zero-order chi connectivity index (χ0) is 23.1. The SMILES string of the molecule is CCN(CC)C(=O)c1cccc(NC(=O)CN(Cc2cc(OC)ccc2OC)C2CC2)c1. The molecule has 32 heavy (non-hydrogen) atoms. The monoisotopic (exact) mass is 439 g/mol. The molecular weight excluding hydrogens is 406 g/mol. The van der Waals surface area contributed by atoms with E-state index in [1.807, 2.05) is 38.1 Å². The molecule has 1 aliphatic rings. The molecule has 7 nitrogen and oxygen atoms in total. The van der Waals surface area contributed by atoms with Crippen molar-refractivity contribution in [2.45, 2.75) is 39.3 Å². The molecule has 0 aliphatic heterocycles. The number of ether oxygens (including phenoxy) is 2. The average molecular weight is 440 g/mol. The summed E-state index contributed by atoms with van der Waals surface area (Å²) in [4.78, 5) is 29.4. The summed E-state index contributed by atoms with van der Waals surface area (Å²) in [5, 5.41) is 2.95. The van der Waals surface area contributed by atoms with E-state index >= 15 is 0 Å². The minimum Gasteiger partial charge on any atom is -0.497 e. The van der Waals surface area contributed by atoms with Gasteiger partial charge in [-0.25, -0.2) is 0 Å². The minimum absolute atomic E-state index is 0.0316. The second kappa shape index (κ2) is 11.0. The molecule has 2 aromatic rings. The van der Waals surface area contributed by atoms with Crippen LogP contribution in [0.25, 0.3) is 0 Å². The lowest BCUT2D eigenvalue weighted by molar-refractivity contribution is -0.117. The number of amides is 2. The van der Waals surface area contributed by atoms with Crippen molar-refractivity contribution in [3.8, 4) is 11.5 Å². The zero-order valence-corrected chi connectivity index (χ0v) is 19.4. The highest BCUT2D eigenvalue weighted by Crippen LogP contribution is 2.31. The summed E-state index contributed by atoms with van der Waals surface area (Å²) in [6.07, 6.45) is 2.15. The second-order valence-corrected chi connectivity index (χ2v) is 7.92. The second-order valence-electron chi connectivity index (χ2n) is 7.92. The van der Waals surface area contributed by atoms with Gasteiger partial charge in [0, 0.05) is 42.5 Å². The third kappa shape index (κ3) is 6.01. The Labute approximate surface area is 190 Å². The third-order valence-corrected chi connectivity index (χ3v) is 5.71. The fourth-order valence-corrected chi connectivity index (χ4v) is 3.79. The molecule has 1 N–H and O–H groups in total. The van der Waals surface area contributed by atoms with Crippen LogP contribution in [-0.2, 0) is 11.3 Å². The van der Waals surface area contributed by atoms with E-state index in [4.69, 9.17) is 9.47 Å². The lowest BCUT2D eigenvalue weighted by atomic mass is 10.1. The summed E-state index contributed by atoms with van der Waals surface area (Å²) in [7, 11) is 3.28. The Bertz CT molecular complexity index is 939. The van der Waals surface area contributed by atoms with Crippen molar-refractivity contribution in [3.63, 3.8) is 0 Å². The van der Waals surface area contributed by atoms with Crippen LogP contribution in [0.3, 0.4) is 0 Å². The molecule has 7 heteroatoms. The molecule has 0 heterocycles. The summed E-state index contributed by atoms with van der Waals surface area (Å²) >= 11 is 0. The van der Waals surface area contributed by atoms with Crippen molar-refractivity contribution in [1.29, 1.82) is 0 Å². The van der Waals surface area contributed by atoms with E-state index in [1.165, 1.54) is 0 Å². The van der Waals surface area contributed by atoms with Crippen LogP contribution in [0.5, 0.6) is 11.5 Å². The van der Waals surface area contributed by atoms with Gasteiger partial charge in [-0.3, -0.25) is 14.5 Å². The number of carbonyl (C=O) groups is 2. The van der Waals surface area contributed by atoms with E-state index < -0.39 is 0 Å². The van der Waals surface area contributed by atoms with Gasteiger partial charge in [-0.15, -0.1) is 0 Å². The Morgan fingerprint density at radius 3 is 2.41 bits per heavy atom. The van der Waals surface area contributed by atoms with Gasteiger partial charge in [0.05, 0.1) is 20.8 Å². The van der Waals surface area contributed by atoms with E-state index in [-0.39, 0.29) is 18.4 Å². The maximum atomic E-state index is 12.8. The van der Waals surface area contributed by atoms with Gasteiger partial charge < -0.3 is 19.7 Å². The van der Waals surface area contributed by atoms with Gasteiger partial charge in [0.1, 0.15) is 11.5 Å². The number of nitrogens with zero attached hydrogens (tertiary/aromatic N) is 2. The molecule has 2 aromatic carbocycles. The van der Waals surface area contributed by atoms with Crippen molar-refractivity contribution in [2.24, 2.45) is 0 Å². The Hall–Kier alpha value is -3.06.